The average Bonchev–Trinajstić information content (AvgIpc) is 1.62. The van der Waals surface area contributed by atoms with Crippen LogP contribution in [0.2, 0.25) is 0 Å². The molecule has 14 rings (SSSR count). The van der Waals surface area contributed by atoms with E-state index in [1.54, 1.807) is 95.4 Å². The second-order valence-electron chi connectivity index (χ2n) is 25.8. The lowest BCUT2D eigenvalue weighted by molar-refractivity contribution is 0.0983. The Morgan fingerprint density at radius 1 is 0.404 bits per heavy atom. The molecule has 0 atom stereocenters. The predicted molar refractivity (Wildman–Crippen MR) is 404 cm³/mol. The van der Waals surface area contributed by atoms with Crippen LogP contribution < -0.4 is 53.7 Å². The number of allylic oxidation sites excluding steroid dienone is 4. The van der Waals surface area contributed by atoms with E-state index in [0.717, 1.165) is 11.1 Å². The Morgan fingerprint density at radius 2 is 0.725 bits per heavy atom. The highest BCUT2D eigenvalue weighted by Gasteiger charge is 2.30. The Bertz CT molecular complexity index is 5980. The number of primary amides is 4. The van der Waals surface area contributed by atoms with Gasteiger partial charge >= 0.3 is 0 Å². The summed E-state index contributed by atoms with van der Waals surface area (Å²) in [4.78, 5) is 122. The lowest BCUT2D eigenvalue weighted by Crippen LogP contribution is -2.21. The number of benzene rings is 4. The third-order valence-electron chi connectivity index (χ3n) is 18.3. The lowest BCUT2D eigenvalue weighted by atomic mass is 10.1. The fourth-order valence-electron chi connectivity index (χ4n) is 13.5. The molecule has 0 aliphatic carbocycles. The van der Waals surface area contributed by atoms with Crippen molar-refractivity contribution in [2.45, 2.75) is 122 Å². The molecule has 0 saturated carbocycles. The number of furan rings is 1. The van der Waals surface area contributed by atoms with Gasteiger partial charge in [-0.15, -0.1) is 0 Å². The van der Waals surface area contributed by atoms with Crippen LogP contribution in [0.15, 0.2) is 102 Å². The molecule has 0 radical (unpaired) electrons. The number of hydrogen-bond donors (Lipinski definition) is 8. The van der Waals surface area contributed by atoms with Gasteiger partial charge in [0.1, 0.15) is 47.0 Å². The summed E-state index contributed by atoms with van der Waals surface area (Å²) >= 11 is 0. The van der Waals surface area contributed by atoms with Gasteiger partial charge < -0.3 is 55.1 Å². The molecule has 0 fully saturated rings. The van der Waals surface area contributed by atoms with Crippen molar-refractivity contribution in [2.75, 3.05) is 34.5 Å². The van der Waals surface area contributed by atoms with Crippen LogP contribution >= 0.6 is 0 Å². The Morgan fingerprint density at radius 3 is 1.07 bits per heavy atom. The van der Waals surface area contributed by atoms with E-state index in [4.69, 9.17) is 56.8 Å². The third-order valence-corrected chi connectivity index (χ3v) is 18.3. The number of nitrogens with one attached hydrogen (secondary N) is 4. The topological polar surface area (TPSA) is 463 Å². The van der Waals surface area contributed by atoms with E-state index in [0.29, 0.717) is 132 Å². The summed E-state index contributed by atoms with van der Waals surface area (Å²) in [6.45, 7) is 21.7. The van der Waals surface area contributed by atoms with Gasteiger partial charge in [0.2, 0.25) is 41.5 Å². The number of imidazole rings is 4. The van der Waals surface area contributed by atoms with Gasteiger partial charge in [-0.25, -0.2) is 19.9 Å². The summed E-state index contributed by atoms with van der Waals surface area (Å²) in [6.07, 6.45) is 8.94. The first kappa shape index (κ1) is 73.3. The molecule has 35 heteroatoms. The van der Waals surface area contributed by atoms with Gasteiger partial charge in [0.15, 0.2) is 17.1 Å². The van der Waals surface area contributed by atoms with Crippen molar-refractivity contribution >= 4 is 126 Å². The van der Waals surface area contributed by atoms with E-state index < -0.39 is 47.3 Å². The quantitative estimate of drug-likeness (QED) is 0.0266. The Balaban J connectivity index is 0.000000192. The van der Waals surface area contributed by atoms with Crippen LogP contribution in [-0.4, -0.2) is 138 Å². The van der Waals surface area contributed by atoms with Gasteiger partial charge in [0, 0.05) is 68.9 Å². The minimum Gasteiger partial charge on any atom is -0.485 e. The van der Waals surface area contributed by atoms with Crippen molar-refractivity contribution in [2.24, 2.45) is 22.9 Å². The van der Waals surface area contributed by atoms with Crippen LogP contribution in [-0.2, 0) is 52.4 Å². The van der Waals surface area contributed by atoms with Crippen LogP contribution in [0.25, 0.3) is 55.1 Å². The van der Waals surface area contributed by atoms with Crippen molar-refractivity contribution < 1.29 is 52.2 Å². The maximum atomic E-state index is 13.6. The number of fused-ring (bicyclic) bond motifs is 8. The summed E-state index contributed by atoms with van der Waals surface area (Å²) < 4.78 is 31.3. The second kappa shape index (κ2) is 29.9. The second-order valence-corrected chi connectivity index (χ2v) is 25.8. The number of carbonyl (C=O) groups is 8. The maximum absolute atomic E-state index is 13.6. The SMILES string of the molecule is CCn1nc(C)cc1C(=O)Nc1nc2cc(C(N)=O)cc(C)c2n1C/C=C/Cn1c(NC(=O)c2cc(C)nn2CC)nc2cc(C(N)=O)c3c(c21)OCCO3.CCn1nc(C)cc1C(=O)Nc1nc2cc(C(N)=O)cc(C)c2n1C/C=C/Cn1c(NC(=O)c2cc(C)nn2CC)nc2cc(C(N)=O)c3ccoc3c21. The molecule has 560 valence electrons. The third kappa shape index (κ3) is 14.2. The number of aromatic nitrogens is 16. The van der Waals surface area contributed by atoms with E-state index in [2.05, 4.69) is 41.7 Å². The number of anilines is 4. The molecule has 1 aliphatic rings. The minimum absolute atomic E-state index is 0.105. The smallest absolute Gasteiger partial charge is 0.276 e. The van der Waals surface area contributed by atoms with E-state index in [1.165, 1.54) is 12.3 Å². The molecule has 0 bridgehead atoms. The number of nitrogens with two attached hydrogens (primary N) is 4. The summed E-state index contributed by atoms with van der Waals surface area (Å²) in [5.41, 5.74) is 33.7. The molecule has 8 amide bonds. The average molecular weight is 1480 g/mol. The van der Waals surface area contributed by atoms with Crippen molar-refractivity contribution in [3.8, 4) is 11.5 Å². The molecule has 0 unspecified atom stereocenters. The zero-order valence-electron chi connectivity index (χ0n) is 61.3. The van der Waals surface area contributed by atoms with E-state index in [9.17, 15) is 38.4 Å². The van der Waals surface area contributed by atoms with Crippen LogP contribution in [0.4, 0.5) is 23.8 Å². The molecule has 12 N–H and O–H groups in total. The van der Waals surface area contributed by atoms with Gasteiger partial charge in [-0.05, 0) is 147 Å². The van der Waals surface area contributed by atoms with Gasteiger partial charge in [0.25, 0.3) is 29.5 Å². The molecule has 35 nitrogen and oxygen atoms in total. The van der Waals surface area contributed by atoms with Gasteiger partial charge in [-0.2, -0.15) is 20.4 Å². The number of nitrogens with zero attached hydrogens (tertiary/aromatic N) is 16. The largest absolute Gasteiger partial charge is 0.485 e. The van der Waals surface area contributed by atoms with E-state index >= 15 is 0 Å². The Labute approximate surface area is 619 Å². The Kier molecular flexibility index (Phi) is 20.1. The molecule has 9 aromatic heterocycles. The summed E-state index contributed by atoms with van der Waals surface area (Å²) in [5, 5.41) is 29.8. The number of carbonyl (C=O) groups excluding carboxylic acids is 8. The van der Waals surface area contributed by atoms with Gasteiger partial charge in [-0.1, -0.05) is 24.3 Å². The van der Waals surface area contributed by atoms with Crippen molar-refractivity contribution in [3.63, 3.8) is 0 Å². The number of rotatable bonds is 24. The molecule has 0 spiro atoms. The van der Waals surface area contributed by atoms with Crippen molar-refractivity contribution in [3.05, 3.63) is 176 Å². The lowest BCUT2D eigenvalue weighted by Gasteiger charge is -2.21. The molecule has 0 saturated heterocycles. The molecule has 13 aromatic rings. The zero-order valence-corrected chi connectivity index (χ0v) is 61.3. The predicted octanol–water partition coefficient (Wildman–Crippen LogP) is 7.92. The van der Waals surface area contributed by atoms with Crippen molar-refractivity contribution in [1.82, 2.24) is 77.3 Å². The summed E-state index contributed by atoms with van der Waals surface area (Å²) in [7, 11) is 0. The van der Waals surface area contributed by atoms with Crippen LogP contribution in [0.3, 0.4) is 0 Å². The number of aryl methyl sites for hydroxylation is 10. The number of ether oxygens (including phenoxy) is 2. The highest BCUT2D eigenvalue weighted by Crippen LogP contribution is 2.43. The van der Waals surface area contributed by atoms with Crippen LogP contribution in [0, 0.1) is 41.5 Å². The fraction of sp³-hybridized carbons (Fsp3) is 0.270. The molecule has 109 heavy (non-hydrogen) atoms. The number of hydrogen-bond acceptors (Lipinski definition) is 19. The maximum Gasteiger partial charge on any atom is 0.276 e. The first-order chi connectivity index (χ1) is 52.2. The van der Waals surface area contributed by atoms with Crippen molar-refractivity contribution in [1.29, 1.82) is 0 Å². The monoisotopic (exact) mass is 1480 g/mol. The standard InChI is InChI=1S/C37H40N12O6.C37H38N12O5/c1-6-48-26(15-20(4)44-48)34(52)42-36-40-24-17-22(32(38)50)14-19(3)28(24)46(36)10-8-9-11-47-29-25(18-23(33(39)51)30-31(29)55-13-12-54-30)41-37(47)43-35(53)27-16-21(5)45-49(27)7-2;1-6-48-27(15-20(4)44-48)34(52)42-36-40-25-17-22(32(38)50)14-19(3)29(25)46(36)11-8-9-12-47-30-26(18-24(33(39)51)23-10-13-54-31(23)30)41-37(47)43-35(53)28-16-21(5)45-49(28)7-2/h8-9,14-18H,6-7,10-13H2,1-5H3,(H2,38,50)(H2,39,51)(H,40,42,52)(H,41,43,53);8-10,13-18H,6-7,11-12H2,1-5H3,(H2,38,50)(H2,39,51)(H,40,42,52)(H,41,43,53)/b2*9-8+. The molecular weight excluding hydrogens is 1400 g/mol. The summed E-state index contributed by atoms with van der Waals surface area (Å²) in [5.74, 6) is -2.83. The van der Waals surface area contributed by atoms with Gasteiger partial charge in [0.05, 0.1) is 73.3 Å². The first-order valence-electron chi connectivity index (χ1n) is 34.9. The molecule has 1 aliphatic heterocycles. The zero-order chi connectivity index (χ0) is 77.5. The normalized spacial score (nSPS) is 12.1. The Hall–Kier alpha value is -14.0. The number of amides is 8. The first-order valence-corrected chi connectivity index (χ1v) is 34.9. The minimum atomic E-state index is -0.714. The van der Waals surface area contributed by atoms with E-state index in [1.807, 2.05) is 95.8 Å². The van der Waals surface area contributed by atoms with Gasteiger partial charge in [-0.3, -0.25) is 78.4 Å². The molecule has 10 heterocycles. The molecular formula is C74H78N24O11. The van der Waals surface area contributed by atoms with E-state index in [-0.39, 0.29) is 91.4 Å². The van der Waals surface area contributed by atoms with Crippen LogP contribution in [0.5, 0.6) is 11.5 Å². The fourth-order valence-corrected chi connectivity index (χ4v) is 13.5. The molecule has 4 aromatic carbocycles. The highest BCUT2D eigenvalue weighted by atomic mass is 16.6. The van der Waals surface area contributed by atoms with Crippen LogP contribution in [0.1, 0.15) is 145 Å². The summed E-state index contributed by atoms with van der Waals surface area (Å²) in [6, 6.07) is 18.1. The highest BCUT2D eigenvalue weighted by molar-refractivity contribution is 6.15.